The van der Waals surface area contributed by atoms with Crippen LogP contribution in [-0.2, 0) is 12.2 Å². The molecule has 0 saturated carbocycles. The minimum absolute atomic E-state index is 0.218. The van der Waals surface area contributed by atoms with Crippen LogP contribution in [0.4, 0.5) is 5.13 Å². The van der Waals surface area contributed by atoms with Crippen LogP contribution in [-0.4, -0.2) is 42.8 Å². The van der Waals surface area contributed by atoms with E-state index in [-0.39, 0.29) is 11.5 Å². The standard InChI is InChI=1S/C18H17N7O3S2/c1-3-13-20-16-19-10(8-14(26)25(16)24-13)9-29-18-23-22-17(30-18)21-15(27)11-6-4-5-7-12(11)28-2/h4-8H,3,9H2,1-2H3,(H,19,20,24)(H,21,22,27). The van der Waals surface area contributed by atoms with Crippen molar-refractivity contribution in [2.45, 2.75) is 23.4 Å². The van der Waals surface area contributed by atoms with Crippen molar-refractivity contribution in [2.75, 3.05) is 12.4 Å². The van der Waals surface area contributed by atoms with E-state index in [0.29, 0.717) is 50.3 Å². The minimum Gasteiger partial charge on any atom is -0.496 e. The SMILES string of the molecule is CCc1nc2nc(CSc3nnc(NC(=O)c4ccccc4OC)s3)cc(=O)n2[nH]1. The molecule has 1 amide bonds. The first-order valence-electron chi connectivity index (χ1n) is 8.95. The molecule has 10 nitrogen and oxygen atoms in total. The maximum atomic E-state index is 12.5. The second-order valence-corrected chi connectivity index (χ2v) is 8.26. The first-order chi connectivity index (χ1) is 14.6. The summed E-state index contributed by atoms with van der Waals surface area (Å²) in [6.07, 6.45) is 0.682. The van der Waals surface area contributed by atoms with Crippen molar-refractivity contribution >= 4 is 39.9 Å². The average Bonchev–Trinajstić information content (AvgIpc) is 3.39. The Morgan fingerprint density at radius 3 is 2.93 bits per heavy atom. The van der Waals surface area contributed by atoms with Crippen LogP contribution in [0.5, 0.6) is 5.75 Å². The van der Waals surface area contributed by atoms with E-state index in [2.05, 4.69) is 30.6 Å². The highest BCUT2D eigenvalue weighted by molar-refractivity contribution is 8.00. The number of nitrogens with zero attached hydrogens (tertiary/aromatic N) is 5. The number of anilines is 1. The van der Waals surface area contributed by atoms with Gasteiger partial charge in [-0.1, -0.05) is 42.2 Å². The monoisotopic (exact) mass is 443 g/mol. The number of H-pyrrole nitrogens is 1. The van der Waals surface area contributed by atoms with Gasteiger partial charge in [0.1, 0.15) is 11.6 Å². The summed E-state index contributed by atoms with van der Waals surface area (Å²) in [7, 11) is 1.51. The van der Waals surface area contributed by atoms with Gasteiger partial charge in [0, 0.05) is 18.2 Å². The van der Waals surface area contributed by atoms with Gasteiger partial charge in [-0.3, -0.25) is 20.0 Å². The molecule has 0 radical (unpaired) electrons. The Balaban J connectivity index is 1.43. The number of amides is 1. The van der Waals surface area contributed by atoms with Gasteiger partial charge >= 0.3 is 0 Å². The maximum absolute atomic E-state index is 12.5. The van der Waals surface area contributed by atoms with Crippen molar-refractivity contribution in [3.63, 3.8) is 0 Å². The number of carbonyl (C=O) groups excluding carboxylic acids is 1. The van der Waals surface area contributed by atoms with Crippen LogP contribution in [0, 0.1) is 0 Å². The molecule has 0 aliphatic heterocycles. The molecule has 12 heteroatoms. The molecule has 2 N–H and O–H groups in total. The Morgan fingerprint density at radius 1 is 1.30 bits per heavy atom. The number of aromatic nitrogens is 6. The smallest absolute Gasteiger partial charge is 0.274 e. The van der Waals surface area contributed by atoms with Crippen molar-refractivity contribution in [2.24, 2.45) is 0 Å². The Kier molecular flexibility index (Phi) is 5.77. The topological polar surface area (TPSA) is 127 Å². The Labute approximate surface area is 178 Å². The quantitative estimate of drug-likeness (QED) is 0.329. The molecular weight excluding hydrogens is 426 g/mol. The fourth-order valence-corrected chi connectivity index (χ4v) is 4.29. The number of aromatic amines is 1. The molecule has 0 saturated heterocycles. The van der Waals surface area contributed by atoms with Crippen molar-refractivity contribution in [1.82, 2.24) is 29.8 Å². The van der Waals surface area contributed by atoms with Gasteiger partial charge in [-0.15, -0.1) is 10.2 Å². The number of para-hydroxylation sites is 1. The summed E-state index contributed by atoms with van der Waals surface area (Å²) in [5.41, 5.74) is 0.784. The van der Waals surface area contributed by atoms with Gasteiger partial charge in [0.15, 0.2) is 4.34 Å². The van der Waals surface area contributed by atoms with Crippen LogP contribution in [0.2, 0.25) is 0 Å². The van der Waals surface area contributed by atoms with E-state index in [4.69, 9.17) is 4.74 Å². The molecule has 30 heavy (non-hydrogen) atoms. The van der Waals surface area contributed by atoms with Gasteiger partial charge in [0.25, 0.3) is 17.2 Å². The second kappa shape index (κ2) is 8.63. The molecule has 4 rings (SSSR count). The van der Waals surface area contributed by atoms with Crippen molar-refractivity contribution < 1.29 is 9.53 Å². The van der Waals surface area contributed by atoms with E-state index < -0.39 is 0 Å². The molecule has 4 aromatic rings. The highest BCUT2D eigenvalue weighted by Crippen LogP contribution is 2.28. The third kappa shape index (κ3) is 4.19. The number of hydrogen-bond donors (Lipinski definition) is 2. The molecule has 3 heterocycles. The number of thioether (sulfide) groups is 1. The lowest BCUT2D eigenvalue weighted by Crippen LogP contribution is -2.15. The van der Waals surface area contributed by atoms with E-state index in [1.54, 1.807) is 24.3 Å². The Morgan fingerprint density at radius 2 is 2.13 bits per heavy atom. The van der Waals surface area contributed by atoms with Crippen LogP contribution < -0.4 is 15.6 Å². The van der Waals surface area contributed by atoms with Crippen molar-refractivity contribution in [3.8, 4) is 5.75 Å². The van der Waals surface area contributed by atoms with E-state index >= 15 is 0 Å². The number of fused-ring (bicyclic) bond motifs is 1. The number of benzene rings is 1. The van der Waals surface area contributed by atoms with E-state index in [1.807, 2.05) is 6.92 Å². The fourth-order valence-electron chi connectivity index (χ4n) is 2.65. The third-order valence-corrected chi connectivity index (χ3v) is 6.09. The summed E-state index contributed by atoms with van der Waals surface area (Å²) in [4.78, 5) is 33.4. The average molecular weight is 444 g/mol. The van der Waals surface area contributed by atoms with E-state index in [0.717, 1.165) is 0 Å². The predicted molar refractivity (Wildman–Crippen MR) is 113 cm³/mol. The van der Waals surface area contributed by atoms with Crippen LogP contribution >= 0.6 is 23.1 Å². The van der Waals surface area contributed by atoms with Crippen LogP contribution in [0.1, 0.15) is 28.8 Å². The van der Waals surface area contributed by atoms with Gasteiger partial charge < -0.3 is 4.74 Å². The number of rotatable bonds is 7. The highest BCUT2D eigenvalue weighted by Gasteiger charge is 2.15. The number of methoxy groups -OCH3 is 1. The lowest BCUT2D eigenvalue weighted by molar-refractivity contribution is 0.102. The summed E-state index contributed by atoms with van der Waals surface area (Å²) in [6.45, 7) is 1.94. The molecule has 0 bridgehead atoms. The third-order valence-electron chi connectivity index (χ3n) is 4.09. The summed E-state index contributed by atoms with van der Waals surface area (Å²) in [5.74, 6) is 1.62. The maximum Gasteiger partial charge on any atom is 0.274 e. The molecule has 0 aliphatic carbocycles. The minimum atomic E-state index is -0.328. The van der Waals surface area contributed by atoms with Gasteiger partial charge in [-0.25, -0.2) is 4.98 Å². The fraction of sp³-hybridized carbons (Fsp3) is 0.222. The zero-order valence-corrected chi connectivity index (χ0v) is 17.7. The summed E-state index contributed by atoms with van der Waals surface area (Å²) < 4.78 is 7.17. The number of aryl methyl sites for hydroxylation is 1. The zero-order valence-electron chi connectivity index (χ0n) is 16.1. The molecule has 0 unspecified atom stereocenters. The lowest BCUT2D eigenvalue weighted by Gasteiger charge is -2.06. The first-order valence-corrected chi connectivity index (χ1v) is 10.8. The Bertz CT molecular complexity index is 1260. The van der Waals surface area contributed by atoms with E-state index in [1.165, 1.54) is 40.8 Å². The molecule has 0 fully saturated rings. The lowest BCUT2D eigenvalue weighted by atomic mass is 10.2. The molecule has 3 aromatic heterocycles. The molecule has 1 aromatic carbocycles. The Hall–Kier alpha value is -3.25. The molecule has 0 atom stereocenters. The largest absolute Gasteiger partial charge is 0.496 e. The molecule has 154 valence electrons. The van der Waals surface area contributed by atoms with Gasteiger partial charge in [-0.05, 0) is 12.1 Å². The summed E-state index contributed by atoms with van der Waals surface area (Å²) >= 11 is 2.61. The van der Waals surface area contributed by atoms with E-state index in [9.17, 15) is 9.59 Å². The number of carbonyl (C=O) groups is 1. The zero-order chi connectivity index (χ0) is 21.1. The molecule has 0 spiro atoms. The van der Waals surface area contributed by atoms with Crippen LogP contribution in [0.25, 0.3) is 5.78 Å². The second-order valence-electron chi connectivity index (χ2n) is 6.06. The predicted octanol–water partition coefficient (Wildman–Crippen LogP) is 2.38. The highest BCUT2D eigenvalue weighted by atomic mass is 32.2. The molecule has 0 aliphatic rings. The van der Waals surface area contributed by atoms with Gasteiger partial charge in [0.05, 0.1) is 18.4 Å². The molecular formula is C18H17N7O3S2. The summed E-state index contributed by atoms with van der Waals surface area (Å²) in [5, 5.41) is 14.1. The van der Waals surface area contributed by atoms with Crippen LogP contribution in [0.3, 0.4) is 0 Å². The normalized spacial score (nSPS) is 11.0. The number of hydrogen-bond acceptors (Lipinski definition) is 9. The number of nitrogens with one attached hydrogen (secondary N) is 2. The van der Waals surface area contributed by atoms with Gasteiger partial charge in [-0.2, -0.15) is 9.50 Å². The van der Waals surface area contributed by atoms with Gasteiger partial charge in [0.2, 0.25) is 5.13 Å². The number of ether oxygens (including phenoxy) is 1. The summed E-state index contributed by atoms with van der Waals surface area (Å²) in [6, 6.07) is 8.39. The van der Waals surface area contributed by atoms with Crippen LogP contribution in [0.15, 0.2) is 39.5 Å². The van der Waals surface area contributed by atoms with Crippen molar-refractivity contribution in [3.05, 3.63) is 57.8 Å². The first kappa shape index (κ1) is 20.0. The van der Waals surface area contributed by atoms with Crippen molar-refractivity contribution in [1.29, 1.82) is 0 Å².